The predicted octanol–water partition coefficient (Wildman–Crippen LogP) is 5.90. The molecule has 0 saturated carbocycles. The van der Waals surface area contributed by atoms with Gasteiger partial charge in [0, 0.05) is 40.5 Å². The number of rotatable bonds is 2. The molecule has 0 N–H and O–H groups in total. The lowest BCUT2D eigenvalue weighted by Gasteiger charge is -2.38. The Bertz CT molecular complexity index is 1360. The lowest BCUT2D eigenvalue weighted by atomic mass is 9.97. The lowest BCUT2D eigenvalue weighted by molar-refractivity contribution is -0.0181. The molecule has 2 aliphatic rings. The molecule has 4 heterocycles. The molecular formula is C24H18BrN3O3. The van der Waals surface area contributed by atoms with Crippen LogP contribution in [-0.2, 0) is 0 Å². The first kappa shape index (κ1) is 18.4. The topological polar surface area (TPSA) is 60.0 Å². The van der Waals surface area contributed by atoms with Crippen molar-refractivity contribution in [1.29, 1.82) is 0 Å². The number of aromatic nitrogens is 1. The van der Waals surface area contributed by atoms with E-state index in [0.29, 0.717) is 6.42 Å². The van der Waals surface area contributed by atoms with Gasteiger partial charge in [-0.3, -0.25) is 9.36 Å². The number of carbonyl (C=O) groups excluding carboxylic acids is 1. The first-order valence-electron chi connectivity index (χ1n) is 10.1. The van der Waals surface area contributed by atoms with Gasteiger partial charge in [-0.2, -0.15) is 5.10 Å². The van der Waals surface area contributed by atoms with Crippen LogP contribution in [0.3, 0.4) is 0 Å². The van der Waals surface area contributed by atoms with Crippen LogP contribution in [0.2, 0.25) is 0 Å². The Morgan fingerprint density at radius 3 is 2.81 bits per heavy atom. The van der Waals surface area contributed by atoms with Crippen LogP contribution in [0.1, 0.15) is 47.3 Å². The Morgan fingerprint density at radius 2 is 2.00 bits per heavy atom. The molecule has 0 radical (unpaired) electrons. The van der Waals surface area contributed by atoms with E-state index in [1.165, 1.54) is 0 Å². The molecule has 4 aromatic rings. The van der Waals surface area contributed by atoms with Gasteiger partial charge in [0.2, 0.25) is 12.1 Å². The Labute approximate surface area is 186 Å². The van der Waals surface area contributed by atoms with Gasteiger partial charge in [-0.1, -0.05) is 34.1 Å². The van der Waals surface area contributed by atoms with Crippen LogP contribution < -0.4 is 4.74 Å². The summed E-state index contributed by atoms with van der Waals surface area (Å²) in [6.45, 7) is 1.57. The Balaban J connectivity index is 1.54. The van der Waals surface area contributed by atoms with Crippen LogP contribution in [0.25, 0.3) is 10.9 Å². The molecule has 0 aliphatic carbocycles. The maximum Gasteiger partial charge on any atom is 0.227 e. The third kappa shape index (κ3) is 2.84. The fourth-order valence-corrected chi connectivity index (χ4v) is 4.90. The normalized spacial score (nSPS) is 19.7. The fourth-order valence-electron chi connectivity index (χ4n) is 4.52. The van der Waals surface area contributed by atoms with Crippen LogP contribution in [0.5, 0.6) is 5.75 Å². The highest BCUT2D eigenvalue weighted by Gasteiger charge is 2.42. The summed E-state index contributed by atoms with van der Waals surface area (Å²) in [5.74, 6) is 1.54. The predicted molar refractivity (Wildman–Crippen MR) is 120 cm³/mol. The van der Waals surface area contributed by atoms with Crippen LogP contribution >= 0.6 is 15.9 Å². The summed E-state index contributed by atoms with van der Waals surface area (Å²) in [4.78, 5) is 12.3. The van der Waals surface area contributed by atoms with E-state index in [-0.39, 0.29) is 11.9 Å². The minimum atomic E-state index is -0.461. The van der Waals surface area contributed by atoms with Gasteiger partial charge in [0.15, 0.2) is 0 Å². The average molecular weight is 476 g/mol. The summed E-state index contributed by atoms with van der Waals surface area (Å²) in [5, 5.41) is 7.90. The van der Waals surface area contributed by atoms with Crippen molar-refractivity contribution in [3.8, 4) is 5.75 Å². The second kappa shape index (κ2) is 6.85. The molecule has 31 heavy (non-hydrogen) atoms. The molecular weight excluding hydrogens is 458 g/mol. The number of carbonyl (C=O) groups is 1. The molecule has 2 atom stereocenters. The highest BCUT2D eigenvalue weighted by atomic mass is 79.9. The number of hydrazone groups is 1. The first-order chi connectivity index (χ1) is 15.1. The van der Waals surface area contributed by atoms with Gasteiger partial charge < -0.3 is 9.15 Å². The summed E-state index contributed by atoms with van der Waals surface area (Å²) in [5.41, 5.74) is 3.73. The molecule has 154 valence electrons. The molecule has 0 amide bonds. The first-order valence-corrected chi connectivity index (χ1v) is 10.9. The number of ether oxygens (including phenoxy) is 1. The summed E-state index contributed by atoms with van der Waals surface area (Å²) >= 11 is 3.58. The zero-order chi connectivity index (χ0) is 21.1. The largest absolute Gasteiger partial charge is 0.464 e. The number of fused-ring (bicyclic) bond motifs is 4. The van der Waals surface area contributed by atoms with E-state index in [0.717, 1.165) is 43.7 Å². The molecule has 0 saturated heterocycles. The molecule has 0 bridgehead atoms. The minimum absolute atomic E-state index is 0.00536. The van der Waals surface area contributed by atoms with Crippen molar-refractivity contribution in [3.63, 3.8) is 0 Å². The summed E-state index contributed by atoms with van der Waals surface area (Å²) in [6, 6.07) is 17.7. The van der Waals surface area contributed by atoms with Gasteiger partial charge >= 0.3 is 0 Å². The standard InChI is InChI=1S/C24H18BrN3O3/c1-14(29)27-13-18(16-5-2-3-6-20(16)27)24-28-21(12-19(26-28)23-7-4-10-30-23)17-11-15(25)8-9-22(17)31-24/h2-11,13,21,24H,12H2,1H3/t21-,24+/m0/s1. The highest BCUT2D eigenvalue weighted by Crippen LogP contribution is 2.49. The number of para-hydroxylation sites is 1. The average Bonchev–Trinajstić information content (AvgIpc) is 3.50. The Hall–Kier alpha value is -3.32. The van der Waals surface area contributed by atoms with Crippen molar-refractivity contribution in [2.75, 3.05) is 0 Å². The highest BCUT2D eigenvalue weighted by molar-refractivity contribution is 9.10. The molecule has 7 heteroatoms. The number of hydrogen-bond acceptors (Lipinski definition) is 5. The second-order valence-corrected chi connectivity index (χ2v) is 8.68. The maximum absolute atomic E-state index is 12.3. The monoisotopic (exact) mass is 475 g/mol. The van der Waals surface area contributed by atoms with E-state index < -0.39 is 6.23 Å². The number of furan rings is 1. The molecule has 6 rings (SSSR count). The molecule has 6 nitrogen and oxygen atoms in total. The second-order valence-electron chi connectivity index (χ2n) is 7.77. The van der Waals surface area contributed by atoms with E-state index in [2.05, 4.69) is 22.0 Å². The SMILES string of the molecule is CC(=O)n1cc([C@H]2Oc3ccc(Br)cc3[C@@H]3CC(c4ccco4)=NN23)c2ccccc21. The Morgan fingerprint density at radius 1 is 1.13 bits per heavy atom. The third-order valence-corrected chi connectivity index (χ3v) is 6.40. The number of hydrogen-bond donors (Lipinski definition) is 0. The quantitative estimate of drug-likeness (QED) is 0.362. The molecule has 2 aliphatic heterocycles. The zero-order valence-corrected chi connectivity index (χ0v) is 18.2. The lowest BCUT2D eigenvalue weighted by Crippen LogP contribution is -2.33. The van der Waals surface area contributed by atoms with Gasteiger partial charge in [0.05, 0.1) is 17.8 Å². The van der Waals surface area contributed by atoms with E-state index in [1.807, 2.05) is 59.7 Å². The Kier molecular flexibility index (Phi) is 4.08. The van der Waals surface area contributed by atoms with Gasteiger partial charge in [0.1, 0.15) is 17.2 Å². The minimum Gasteiger partial charge on any atom is -0.464 e. The fraction of sp³-hybridized carbons (Fsp3) is 0.167. The molecule has 2 aromatic heterocycles. The van der Waals surface area contributed by atoms with Crippen LogP contribution in [0, 0.1) is 0 Å². The summed E-state index contributed by atoms with van der Waals surface area (Å²) in [7, 11) is 0. The molecule has 0 spiro atoms. The van der Waals surface area contributed by atoms with Crippen LogP contribution in [0.15, 0.2) is 81.0 Å². The molecule has 0 fully saturated rings. The summed E-state index contributed by atoms with van der Waals surface area (Å²) < 4.78 is 14.8. The van der Waals surface area contributed by atoms with Crippen LogP contribution in [-0.4, -0.2) is 21.2 Å². The van der Waals surface area contributed by atoms with Crippen LogP contribution in [0.4, 0.5) is 0 Å². The van der Waals surface area contributed by atoms with Gasteiger partial charge in [0.25, 0.3) is 0 Å². The van der Waals surface area contributed by atoms with Crippen molar-refractivity contribution >= 4 is 38.5 Å². The molecule has 0 unspecified atom stereocenters. The van der Waals surface area contributed by atoms with E-state index in [1.54, 1.807) is 17.8 Å². The molecule has 2 aromatic carbocycles. The van der Waals surface area contributed by atoms with E-state index >= 15 is 0 Å². The van der Waals surface area contributed by atoms with Gasteiger partial charge in [-0.25, -0.2) is 5.01 Å². The van der Waals surface area contributed by atoms with Gasteiger partial charge in [-0.05, 0) is 36.4 Å². The summed E-state index contributed by atoms with van der Waals surface area (Å²) in [6.07, 6.45) is 3.78. The van der Waals surface area contributed by atoms with Crippen molar-refractivity contribution < 1.29 is 13.9 Å². The van der Waals surface area contributed by atoms with Crippen molar-refractivity contribution in [1.82, 2.24) is 9.58 Å². The van der Waals surface area contributed by atoms with Gasteiger partial charge in [-0.15, -0.1) is 0 Å². The van der Waals surface area contributed by atoms with Crippen molar-refractivity contribution in [2.45, 2.75) is 25.6 Å². The van der Waals surface area contributed by atoms with Crippen molar-refractivity contribution in [2.24, 2.45) is 5.10 Å². The van der Waals surface area contributed by atoms with E-state index in [4.69, 9.17) is 14.3 Å². The number of benzene rings is 2. The number of halogens is 1. The smallest absolute Gasteiger partial charge is 0.227 e. The third-order valence-electron chi connectivity index (χ3n) is 5.91. The van der Waals surface area contributed by atoms with Crippen molar-refractivity contribution in [3.05, 3.63) is 88.4 Å². The van der Waals surface area contributed by atoms with E-state index in [9.17, 15) is 4.79 Å². The maximum atomic E-state index is 12.3. The zero-order valence-electron chi connectivity index (χ0n) is 16.7. The number of nitrogens with zero attached hydrogens (tertiary/aromatic N) is 3.